The maximum Gasteiger partial charge on any atom is 0.146 e. The van der Waals surface area contributed by atoms with Crippen LogP contribution in [0.2, 0.25) is 0 Å². The van der Waals surface area contributed by atoms with Crippen molar-refractivity contribution in [1.29, 1.82) is 0 Å². The second-order valence-electron chi connectivity index (χ2n) is 3.87. The number of hydrogen-bond acceptors (Lipinski definition) is 6. The zero-order valence-electron chi connectivity index (χ0n) is 10.8. The summed E-state index contributed by atoms with van der Waals surface area (Å²) >= 11 is 0. The first-order valence-electron chi connectivity index (χ1n) is 5.70. The Kier molecular flexibility index (Phi) is 5.89. The molecule has 0 saturated carbocycles. The summed E-state index contributed by atoms with van der Waals surface area (Å²) in [6.07, 6.45) is 4.59. The number of nitrogens with one attached hydrogen (secondary N) is 1. The van der Waals surface area contributed by atoms with Gasteiger partial charge in [-0.3, -0.25) is 10.4 Å². The Balaban J connectivity index is 0.00000200. The molecular weight excluding hydrogens is 280 g/mol. The van der Waals surface area contributed by atoms with E-state index in [4.69, 9.17) is 0 Å². The molecule has 0 bridgehead atoms. The summed E-state index contributed by atoms with van der Waals surface area (Å²) in [6, 6.07) is 5.40. The zero-order valence-corrected chi connectivity index (χ0v) is 11.6. The van der Waals surface area contributed by atoms with Gasteiger partial charge in [0.15, 0.2) is 0 Å². The Labute approximate surface area is 122 Å². The third-order valence-electron chi connectivity index (χ3n) is 2.57. The van der Waals surface area contributed by atoms with Crippen molar-refractivity contribution < 1.29 is 10.2 Å². The molecule has 0 aliphatic rings. The quantitative estimate of drug-likeness (QED) is 0.591. The number of halogens is 1. The lowest BCUT2D eigenvalue weighted by Crippen LogP contribution is -2.00. The molecule has 2 aromatic heterocycles. The van der Waals surface area contributed by atoms with Crippen LogP contribution in [0.1, 0.15) is 16.8 Å². The summed E-state index contributed by atoms with van der Waals surface area (Å²) in [5, 5.41) is 23.1. The lowest BCUT2D eigenvalue weighted by Gasteiger charge is -2.07. The van der Waals surface area contributed by atoms with Crippen LogP contribution in [0.3, 0.4) is 0 Å². The Morgan fingerprint density at radius 2 is 2.15 bits per heavy atom. The van der Waals surface area contributed by atoms with Gasteiger partial charge >= 0.3 is 0 Å². The van der Waals surface area contributed by atoms with Crippen molar-refractivity contribution in [2.45, 2.75) is 13.5 Å². The van der Waals surface area contributed by atoms with Gasteiger partial charge in [0.1, 0.15) is 11.6 Å². The molecule has 2 heterocycles. The second kappa shape index (κ2) is 7.42. The van der Waals surface area contributed by atoms with Gasteiger partial charge in [-0.1, -0.05) is 6.07 Å². The summed E-state index contributed by atoms with van der Waals surface area (Å²) in [4.78, 5) is 8.02. The average Bonchev–Trinajstić information content (AvgIpc) is 2.45. The Morgan fingerprint density at radius 3 is 2.80 bits per heavy atom. The fraction of sp³-hybridized carbons (Fsp3) is 0.154. The molecule has 0 spiro atoms. The van der Waals surface area contributed by atoms with E-state index in [1.54, 1.807) is 25.3 Å². The van der Waals surface area contributed by atoms with Crippen molar-refractivity contribution in [2.24, 2.45) is 5.10 Å². The number of aliphatic hydroxyl groups is 1. The summed E-state index contributed by atoms with van der Waals surface area (Å²) in [6.45, 7) is 1.46. The minimum absolute atomic E-state index is 0. The summed E-state index contributed by atoms with van der Waals surface area (Å²) < 4.78 is 0. The Bertz CT molecular complexity index is 590. The van der Waals surface area contributed by atoms with Crippen LogP contribution in [-0.2, 0) is 6.61 Å². The fourth-order valence-corrected chi connectivity index (χ4v) is 1.51. The Morgan fingerprint density at radius 1 is 1.35 bits per heavy atom. The molecule has 0 saturated heterocycles. The van der Waals surface area contributed by atoms with E-state index in [2.05, 4.69) is 20.5 Å². The lowest BCUT2D eigenvalue weighted by atomic mass is 10.1. The molecule has 7 heteroatoms. The van der Waals surface area contributed by atoms with Crippen LogP contribution in [0.25, 0.3) is 0 Å². The number of hydrazone groups is 1. The molecule has 20 heavy (non-hydrogen) atoms. The summed E-state index contributed by atoms with van der Waals surface area (Å²) in [5.74, 6) is 0.604. The van der Waals surface area contributed by atoms with E-state index in [-0.39, 0.29) is 24.8 Å². The highest BCUT2D eigenvalue weighted by molar-refractivity contribution is 5.86. The number of aromatic nitrogens is 2. The molecule has 3 N–H and O–H groups in total. The standard InChI is InChI=1S/C13H14N4O2.ClH/c1-9-13(19)11(10(8-18)6-15-9)7-16-17-12-4-2-3-5-14-12;/h2-7,18-19H,8H2,1H3,(H,14,17);1H. The van der Waals surface area contributed by atoms with Crippen molar-refractivity contribution in [3.8, 4) is 5.75 Å². The molecule has 0 aliphatic carbocycles. The highest BCUT2D eigenvalue weighted by atomic mass is 35.5. The van der Waals surface area contributed by atoms with Gasteiger partial charge in [0, 0.05) is 23.5 Å². The first-order valence-corrected chi connectivity index (χ1v) is 5.70. The maximum absolute atomic E-state index is 9.90. The van der Waals surface area contributed by atoms with Gasteiger partial charge in [-0.05, 0) is 19.1 Å². The van der Waals surface area contributed by atoms with Gasteiger partial charge in [-0.25, -0.2) is 4.98 Å². The third kappa shape index (κ3) is 3.66. The molecule has 0 fully saturated rings. The van der Waals surface area contributed by atoms with Crippen LogP contribution in [-0.4, -0.2) is 26.4 Å². The van der Waals surface area contributed by atoms with Gasteiger partial charge in [-0.2, -0.15) is 5.10 Å². The van der Waals surface area contributed by atoms with Crippen LogP contribution < -0.4 is 5.43 Å². The number of hydrogen-bond donors (Lipinski definition) is 3. The molecule has 2 rings (SSSR count). The van der Waals surface area contributed by atoms with Crippen molar-refractivity contribution in [2.75, 3.05) is 5.43 Å². The number of anilines is 1. The summed E-state index contributed by atoms with van der Waals surface area (Å²) in [7, 11) is 0. The minimum Gasteiger partial charge on any atom is -0.505 e. The van der Waals surface area contributed by atoms with Crippen molar-refractivity contribution in [3.05, 3.63) is 47.4 Å². The monoisotopic (exact) mass is 294 g/mol. The van der Waals surface area contributed by atoms with Crippen LogP contribution in [0.15, 0.2) is 35.7 Å². The molecule has 6 nitrogen and oxygen atoms in total. The van der Waals surface area contributed by atoms with Crippen molar-refractivity contribution in [1.82, 2.24) is 9.97 Å². The predicted molar refractivity (Wildman–Crippen MR) is 79.3 cm³/mol. The highest BCUT2D eigenvalue weighted by Gasteiger charge is 2.09. The highest BCUT2D eigenvalue weighted by Crippen LogP contribution is 2.21. The van der Waals surface area contributed by atoms with E-state index < -0.39 is 0 Å². The number of aliphatic hydroxyl groups excluding tert-OH is 1. The van der Waals surface area contributed by atoms with E-state index >= 15 is 0 Å². The van der Waals surface area contributed by atoms with E-state index in [1.807, 2.05) is 6.07 Å². The topological polar surface area (TPSA) is 90.6 Å². The fourth-order valence-electron chi connectivity index (χ4n) is 1.51. The van der Waals surface area contributed by atoms with Gasteiger partial charge in [-0.15, -0.1) is 12.4 Å². The van der Waals surface area contributed by atoms with Crippen LogP contribution in [0.4, 0.5) is 5.82 Å². The number of pyridine rings is 2. The zero-order chi connectivity index (χ0) is 13.7. The number of aromatic hydroxyl groups is 1. The largest absolute Gasteiger partial charge is 0.505 e. The third-order valence-corrected chi connectivity index (χ3v) is 2.57. The average molecular weight is 295 g/mol. The van der Waals surface area contributed by atoms with E-state index in [0.717, 1.165) is 0 Å². The molecule has 0 amide bonds. The van der Waals surface area contributed by atoms with Gasteiger partial charge in [0.25, 0.3) is 0 Å². The van der Waals surface area contributed by atoms with Crippen LogP contribution >= 0.6 is 12.4 Å². The van der Waals surface area contributed by atoms with Crippen LogP contribution in [0, 0.1) is 6.92 Å². The van der Waals surface area contributed by atoms with Crippen LogP contribution in [0.5, 0.6) is 5.75 Å². The SMILES string of the molecule is Cc1ncc(CO)c(C=NNc2ccccn2)c1O.Cl. The lowest BCUT2D eigenvalue weighted by molar-refractivity contribution is 0.280. The number of rotatable bonds is 4. The smallest absolute Gasteiger partial charge is 0.146 e. The molecule has 0 atom stereocenters. The molecule has 0 aromatic carbocycles. The van der Waals surface area contributed by atoms with Gasteiger partial charge < -0.3 is 10.2 Å². The van der Waals surface area contributed by atoms with E-state index in [0.29, 0.717) is 22.6 Å². The first kappa shape index (κ1) is 15.9. The predicted octanol–water partition coefficient (Wildman–Crippen LogP) is 1.85. The summed E-state index contributed by atoms with van der Waals surface area (Å²) in [5.41, 5.74) is 4.17. The van der Waals surface area contributed by atoms with Crippen molar-refractivity contribution >= 4 is 24.4 Å². The molecular formula is C13H15ClN4O2. The maximum atomic E-state index is 9.90. The molecule has 0 unspecified atom stereocenters. The van der Waals surface area contributed by atoms with Gasteiger partial charge in [0.2, 0.25) is 0 Å². The molecule has 2 aromatic rings. The second-order valence-corrected chi connectivity index (χ2v) is 3.87. The molecule has 106 valence electrons. The molecule has 0 radical (unpaired) electrons. The van der Waals surface area contributed by atoms with Crippen molar-refractivity contribution in [3.63, 3.8) is 0 Å². The van der Waals surface area contributed by atoms with E-state index in [9.17, 15) is 10.2 Å². The number of aryl methyl sites for hydroxylation is 1. The van der Waals surface area contributed by atoms with E-state index in [1.165, 1.54) is 12.4 Å². The minimum atomic E-state index is -0.216. The Hall–Kier alpha value is -2.18. The van der Waals surface area contributed by atoms with Gasteiger partial charge in [0.05, 0.1) is 18.5 Å². The first-order chi connectivity index (χ1) is 9.22. The number of nitrogens with zero attached hydrogens (tertiary/aromatic N) is 3. The normalized spacial score (nSPS) is 10.3. The molecule has 0 aliphatic heterocycles.